The van der Waals surface area contributed by atoms with Crippen LogP contribution < -0.4 is 19.3 Å². The Labute approximate surface area is 189 Å². The minimum Gasteiger partial charge on any atom is -0.490 e. The normalized spacial score (nSPS) is 27.9. The van der Waals surface area contributed by atoms with Crippen molar-refractivity contribution in [3.8, 4) is 17.2 Å². The summed E-state index contributed by atoms with van der Waals surface area (Å²) < 4.78 is 34.5. The number of carbonyl (C=O) groups excluding carboxylic acids is 1. The van der Waals surface area contributed by atoms with Crippen molar-refractivity contribution in [3.05, 3.63) is 29.3 Å². The first-order valence-corrected chi connectivity index (χ1v) is 11.9. The molecule has 0 bridgehead atoms. The lowest BCUT2D eigenvalue weighted by Gasteiger charge is -2.36. The van der Waals surface area contributed by atoms with Gasteiger partial charge in [-0.05, 0) is 31.9 Å². The lowest BCUT2D eigenvalue weighted by atomic mass is 9.68. The highest BCUT2D eigenvalue weighted by Gasteiger charge is 2.55. The number of hydrogen-bond acceptors (Lipinski definition) is 9. The van der Waals surface area contributed by atoms with Crippen LogP contribution in [0.2, 0.25) is 0 Å². The van der Waals surface area contributed by atoms with Gasteiger partial charge < -0.3 is 38.2 Å². The van der Waals surface area contributed by atoms with Gasteiger partial charge in [-0.3, -0.25) is 4.79 Å². The van der Waals surface area contributed by atoms with E-state index in [0.29, 0.717) is 49.8 Å². The van der Waals surface area contributed by atoms with E-state index in [1.165, 1.54) is 7.11 Å². The molecule has 2 aliphatic heterocycles. The molecule has 1 aliphatic carbocycles. The van der Waals surface area contributed by atoms with Crippen LogP contribution in [0.15, 0.2) is 18.2 Å². The van der Waals surface area contributed by atoms with E-state index in [2.05, 4.69) is 5.32 Å². The van der Waals surface area contributed by atoms with Gasteiger partial charge in [0.15, 0.2) is 11.5 Å². The molecule has 2 N–H and O–H groups in total. The van der Waals surface area contributed by atoms with E-state index < -0.39 is 26.2 Å². The summed E-state index contributed by atoms with van der Waals surface area (Å²) in [5.41, 5.74) is 1.28. The molecule has 176 valence electrons. The molecule has 4 rings (SSSR count). The first-order chi connectivity index (χ1) is 15.5. The molecule has 1 spiro atoms. The fourth-order valence-electron chi connectivity index (χ4n) is 4.76. The second-order valence-corrected chi connectivity index (χ2v) is 9.04. The number of benzene rings is 1. The second kappa shape index (κ2) is 9.53. The smallest absolute Gasteiger partial charge is 0.397 e. The maximum absolute atomic E-state index is 12.5. The number of methoxy groups -OCH3 is 2. The first-order valence-electron chi connectivity index (χ1n) is 10.8. The number of aliphatic hydroxyl groups is 1. The zero-order valence-corrected chi connectivity index (χ0v) is 19.6. The van der Waals surface area contributed by atoms with E-state index in [1.807, 2.05) is 26.0 Å². The number of rotatable bonds is 8. The minimum atomic E-state index is -1.61. The van der Waals surface area contributed by atoms with Crippen molar-refractivity contribution >= 4 is 14.6 Å². The molecule has 0 amide bonds. The number of aliphatic hydroxyl groups excluding tert-OH is 1. The maximum atomic E-state index is 12.5. The fraction of sp³-hybridized carbons (Fsp3) is 0.591. The van der Waals surface area contributed by atoms with Crippen LogP contribution in [0.5, 0.6) is 17.2 Å². The standard InChI is InChI=1S/C22H30NO8P/c1-5-28-32(29-6-2)31-16-9-13-12-23-15(21(25)27-4)11-22-8-7-14(24)10-17(22)30-20(18(13)22)19(16)26-3/h7-9,14-15,17,23-24H,5-6,10-12H2,1-4H3. The average Bonchev–Trinajstić information content (AvgIpc) is 3.00. The van der Waals surface area contributed by atoms with Crippen molar-refractivity contribution in [1.29, 1.82) is 0 Å². The van der Waals surface area contributed by atoms with Crippen molar-refractivity contribution in [1.82, 2.24) is 5.32 Å². The molecule has 1 aromatic carbocycles. The molecule has 1 aromatic rings. The SMILES string of the molecule is CCOP(OCC)Oc1cc2c3c(c1OC)OC1CC(O)C=CC31CC(C(=O)OC)NC2. The highest BCUT2D eigenvalue weighted by molar-refractivity contribution is 7.42. The van der Waals surface area contributed by atoms with Crippen LogP contribution in [0.25, 0.3) is 0 Å². The van der Waals surface area contributed by atoms with Crippen molar-refractivity contribution in [2.24, 2.45) is 0 Å². The molecule has 4 atom stereocenters. The molecule has 3 aliphatic rings. The van der Waals surface area contributed by atoms with Gasteiger partial charge >= 0.3 is 14.6 Å². The van der Waals surface area contributed by atoms with E-state index in [1.54, 1.807) is 13.2 Å². The summed E-state index contributed by atoms with van der Waals surface area (Å²) in [6.45, 7) is 5.05. The summed E-state index contributed by atoms with van der Waals surface area (Å²) in [6.07, 6.45) is 3.62. The quantitative estimate of drug-likeness (QED) is 0.339. The van der Waals surface area contributed by atoms with E-state index in [4.69, 9.17) is 27.8 Å². The number of esters is 1. The fourth-order valence-corrected chi connectivity index (χ4v) is 5.66. The second-order valence-electron chi connectivity index (χ2n) is 7.89. The zero-order valence-electron chi connectivity index (χ0n) is 18.8. The molecule has 9 nitrogen and oxygen atoms in total. The van der Waals surface area contributed by atoms with E-state index in [0.717, 1.165) is 11.1 Å². The van der Waals surface area contributed by atoms with E-state index >= 15 is 0 Å². The van der Waals surface area contributed by atoms with Gasteiger partial charge in [0.1, 0.15) is 12.1 Å². The summed E-state index contributed by atoms with van der Waals surface area (Å²) in [6, 6.07) is 1.37. The monoisotopic (exact) mass is 467 g/mol. The van der Waals surface area contributed by atoms with Crippen LogP contribution >= 0.6 is 8.60 Å². The summed E-state index contributed by atoms with van der Waals surface area (Å²) >= 11 is 0. The van der Waals surface area contributed by atoms with Gasteiger partial charge in [-0.2, -0.15) is 0 Å². The number of hydrogen-bond donors (Lipinski definition) is 2. The lowest BCUT2D eigenvalue weighted by Crippen LogP contribution is -2.47. The Hall–Kier alpha value is -1.90. The van der Waals surface area contributed by atoms with Crippen molar-refractivity contribution in [2.45, 2.75) is 56.9 Å². The Morgan fingerprint density at radius 1 is 1.31 bits per heavy atom. The molecule has 32 heavy (non-hydrogen) atoms. The molecule has 4 unspecified atom stereocenters. The predicted molar refractivity (Wildman–Crippen MR) is 117 cm³/mol. The van der Waals surface area contributed by atoms with Gasteiger partial charge in [-0.25, -0.2) is 0 Å². The average molecular weight is 467 g/mol. The lowest BCUT2D eigenvalue weighted by molar-refractivity contribution is -0.143. The van der Waals surface area contributed by atoms with Crippen molar-refractivity contribution in [3.63, 3.8) is 0 Å². The largest absolute Gasteiger partial charge is 0.490 e. The molecular weight excluding hydrogens is 437 g/mol. The topological polar surface area (TPSA) is 105 Å². The minimum absolute atomic E-state index is 0.335. The molecule has 0 fully saturated rings. The maximum Gasteiger partial charge on any atom is 0.397 e. The molecule has 0 aromatic heterocycles. The Morgan fingerprint density at radius 2 is 2.06 bits per heavy atom. The van der Waals surface area contributed by atoms with Crippen LogP contribution in [0, 0.1) is 0 Å². The zero-order chi connectivity index (χ0) is 22.9. The third kappa shape index (κ3) is 3.97. The molecule has 0 saturated carbocycles. The van der Waals surface area contributed by atoms with Gasteiger partial charge in [0, 0.05) is 18.5 Å². The highest BCUT2D eigenvalue weighted by Crippen LogP contribution is 2.59. The van der Waals surface area contributed by atoms with Crippen LogP contribution in [-0.4, -0.2) is 56.8 Å². The van der Waals surface area contributed by atoms with Crippen LogP contribution in [0.4, 0.5) is 0 Å². The summed E-state index contributed by atoms with van der Waals surface area (Å²) in [5.74, 6) is 1.13. The van der Waals surface area contributed by atoms with Gasteiger partial charge in [-0.1, -0.05) is 12.2 Å². The van der Waals surface area contributed by atoms with Gasteiger partial charge in [0.2, 0.25) is 5.75 Å². The third-order valence-corrected chi connectivity index (χ3v) is 7.35. The predicted octanol–water partition coefficient (Wildman–Crippen LogP) is 2.73. The number of carbonyl (C=O) groups is 1. The highest BCUT2D eigenvalue weighted by atomic mass is 31.2. The Kier molecular flexibility index (Phi) is 6.93. The molecule has 0 radical (unpaired) electrons. The summed E-state index contributed by atoms with van der Waals surface area (Å²) in [5, 5.41) is 13.6. The molecule has 10 heteroatoms. The summed E-state index contributed by atoms with van der Waals surface area (Å²) in [4.78, 5) is 12.5. The molecule has 2 heterocycles. The van der Waals surface area contributed by atoms with E-state index in [-0.39, 0.29) is 12.1 Å². The third-order valence-electron chi connectivity index (χ3n) is 6.07. The molecule has 0 saturated heterocycles. The van der Waals surface area contributed by atoms with Crippen LogP contribution in [0.3, 0.4) is 0 Å². The van der Waals surface area contributed by atoms with Crippen molar-refractivity contribution < 1.29 is 37.7 Å². The Balaban J connectivity index is 1.83. The van der Waals surface area contributed by atoms with Crippen molar-refractivity contribution in [2.75, 3.05) is 27.4 Å². The number of ether oxygens (including phenoxy) is 3. The Bertz CT molecular complexity index is 887. The van der Waals surface area contributed by atoms with Gasteiger partial charge in [-0.15, -0.1) is 0 Å². The molecular formula is C22H30NO8P. The van der Waals surface area contributed by atoms with Crippen LogP contribution in [0.1, 0.15) is 37.8 Å². The summed E-state index contributed by atoms with van der Waals surface area (Å²) in [7, 11) is 1.33. The van der Waals surface area contributed by atoms with Gasteiger partial charge in [0.05, 0.1) is 39.0 Å². The first kappa shape index (κ1) is 23.3. The Morgan fingerprint density at radius 3 is 2.72 bits per heavy atom. The van der Waals surface area contributed by atoms with Gasteiger partial charge in [0.25, 0.3) is 0 Å². The van der Waals surface area contributed by atoms with E-state index in [9.17, 15) is 9.90 Å². The van der Waals surface area contributed by atoms with Crippen LogP contribution in [-0.2, 0) is 30.5 Å². The number of nitrogens with one attached hydrogen (secondary N) is 1.